The van der Waals surface area contributed by atoms with Crippen LogP contribution in [0.5, 0.6) is 0 Å². The lowest BCUT2D eigenvalue weighted by Gasteiger charge is -2.23. The number of nitrogens with zero attached hydrogens (tertiary/aromatic N) is 1. The van der Waals surface area contributed by atoms with Gasteiger partial charge in [-0.2, -0.15) is 0 Å². The molecule has 2 rings (SSSR count). The molecule has 0 aliphatic rings. The molecule has 0 radical (unpaired) electrons. The fourth-order valence-corrected chi connectivity index (χ4v) is 3.99. The second kappa shape index (κ2) is 6.84. The molecule has 0 unspecified atom stereocenters. The summed E-state index contributed by atoms with van der Waals surface area (Å²) in [5.74, 6) is 0.423. The van der Waals surface area contributed by atoms with Crippen LogP contribution in [-0.4, -0.2) is 15.0 Å². The summed E-state index contributed by atoms with van der Waals surface area (Å²) in [6.07, 6.45) is 0. The van der Waals surface area contributed by atoms with E-state index in [1.807, 2.05) is 31.2 Å². The molecule has 3 nitrogen and oxygen atoms in total. The first-order valence-corrected chi connectivity index (χ1v) is 9.48. The topological polar surface area (TPSA) is 37.4 Å². The van der Waals surface area contributed by atoms with Crippen molar-refractivity contribution in [3.8, 4) is 0 Å². The van der Waals surface area contributed by atoms with Crippen LogP contribution in [0.1, 0.15) is 32.3 Å². The van der Waals surface area contributed by atoms with E-state index in [1.165, 1.54) is 9.87 Å². The summed E-state index contributed by atoms with van der Waals surface area (Å²) in [6.45, 7) is 6.46. The van der Waals surface area contributed by atoms with Crippen molar-refractivity contribution in [2.24, 2.45) is 0 Å². The Balaban J connectivity index is 2.40. The SMILES string of the molecule is CCN(c1ccc(C(C)C)cc1)S(=O)(=O)c1ccc(Br)cc1. The molecular formula is C17H20BrNO2S. The molecule has 2 aromatic carbocycles. The Hall–Kier alpha value is -1.33. The first kappa shape index (κ1) is 17.0. The second-order valence-corrected chi connectivity index (χ2v) is 8.15. The lowest BCUT2D eigenvalue weighted by Crippen LogP contribution is -2.30. The standard InChI is InChI=1S/C17H20BrNO2S/c1-4-19(16-9-5-14(6-10-16)13(2)3)22(20,21)17-11-7-15(18)8-12-17/h5-13H,4H2,1-3H3. The maximum absolute atomic E-state index is 12.8. The molecule has 0 saturated heterocycles. The van der Waals surface area contributed by atoms with Crippen molar-refractivity contribution in [2.45, 2.75) is 31.6 Å². The molecule has 0 atom stereocenters. The maximum Gasteiger partial charge on any atom is 0.264 e. The highest BCUT2D eigenvalue weighted by Crippen LogP contribution is 2.26. The first-order valence-electron chi connectivity index (χ1n) is 7.24. The van der Waals surface area contributed by atoms with E-state index in [0.717, 1.165) is 4.47 Å². The zero-order valence-corrected chi connectivity index (χ0v) is 15.4. The van der Waals surface area contributed by atoms with Crippen LogP contribution in [0.2, 0.25) is 0 Å². The molecule has 0 N–H and O–H groups in total. The Morgan fingerprint density at radius 1 is 1.00 bits per heavy atom. The van der Waals surface area contributed by atoms with Crippen LogP contribution < -0.4 is 4.31 Å². The van der Waals surface area contributed by atoms with Gasteiger partial charge in [-0.25, -0.2) is 8.42 Å². The average molecular weight is 382 g/mol. The minimum atomic E-state index is -3.54. The highest BCUT2D eigenvalue weighted by atomic mass is 79.9. The Labute approximate surface area is 141 Å². The normalized spacial score (nSPS) is 11.7. The zero-order valence-electron chi connectivity index (χ0n) is 13.0. The van der Waals surface area contributed by atoms with Crippen LogP contribution >= 0.6 is 15.9 Å². The van der Waals surface area contributed by atoms with Crippen LogP contribution in [0.3, 0.4) is 0 Å². The summed E-state index contributed by atoms with van der Waals surface area (Å²) in [7, 11) is -3.54. The Morgan fingerprint density at radius 3 is 2.00 bits per heavy atom. The molecule has 22 heavy (non-hydrogen) atoms. The molecule has 0 bridgehead atoms. The number of rotatable bonds is 5. The number of hydrogen-bond acceptors (Lipinski definition) is 2. The van der Waals surface area contributed by atoms with Crippen LogP contribution in [-0.2, 0) is 10.0 Å². The van der Waals surface area contributed by atoms with E-state index in [2.05, 4.69) is 29.8 Å². The van der Waals surface area contributed by atoms with Crippen molar-refractivity contribution in [3.05, 3.63) is 58.6 Å². The molecule has 118 valence electrons. The van der Waals surface area contributed by atoms with E-state index < -0.39 is 10.0 Å². The van der Waals surface area contributed by atoms with Crippen molar-refractivity contribution in [3.63, 3.8) is 0 Å². The average Bonchev–Trinajstić information content (AvgIpc) is 2.48. The van der Waals surface area contributed by atoms with Gasteiger partial charge in [0.25, 0.3) is 10.0 Å². The molecule has 0 aromatic heterocycles. The van der Waals surface area contributed by atoms with E-state index in [4.69, 9.17) is 0 Å². The molecule has 0 aliphatic carbocycles. The highest BCUT2D eigenvalue weighted by molar-refractivity contribution is 9.10. The monoisotopic (exact) mass is 381 g/mol. The van der Waals surface area contributed by atoms with Gasteiger partial charge in [-0.05, 0) is 54.8 Å². The number of halogens is 1. The van der Waals surface area contributed by atoms with Crippen LogP contribution in [0.15, 0.2) is 57.9 Å². The Bertz CT molecular complexity index is 722. The van der Waals surface area contributed by atoms with E-state index in [-0.39, 0.29) is 0 Å². The van der Waals surface area contributed by atoms with Gasteiger partial charge in [-0.1, -0.05) is 41.9 Å². The Morgan fingerprint density at radius 2 is 1.55 bits per heavy atom. The van der Waals surface area contributed by atoms with Crippen molar-refractivity contribution in [2.75, 3.05) is 10.8 Å². The summed E-state index contributed by atoms with van der Waals surface area (Å²) >= 11 is 3.32. The van der Waals surface area contributed by atoms with Gasteiger partial charge >= 0.3 is 0 Å². The van der Waals surface area contributed by atoms with Gasteiger partial charge in [0.1, 0.15) is 0 Å². The smallest absolute Gasteiger partial charge is 0.264 e. The van der Waals surface area contributed by atoms with Crippen molar-refractivity contribution >= 4 is 31.6 Å². The number of sulfonamides is 1. The van der Waals surface area contributed by atoms with Crippen molar-refractivity contribution in [1.29, 1.82) is 0 Å². The molecule has 0 aliphatic heterocycles. The summed E-state index contributed by atoms with van der Waals surface area (Å²) in [5, 5.41) is 0. The summed E-state index contributed by atoms with van der Waals surface area (Å²) in [6, 6.07) is 14.4. The van der Waals surface area contributed by atoms with E-state index >= 15 is 0 Å². The summed E-state index contributed by atoms with van der Waals surface area (Å²) in [5.41, 5.74) is 1.88. The third-order valence-electron chi connectivity index (χ3n) is 3.54. The predicted molar refractivity (Wildman–Crippen MR) is 94.9 cm³/mol. The van der Waals surface area contributed by atoms with Gasteiger partial charge in [0.15, 0.2) is 0 Å². The predicted octanol–water partition coefficient (Wildman–Crippen LogP) is 4.79. The zero-order chi connectivity index (χ0) is 16.3. The van der Waals surface area contributed by atoms with Gasteiger partial charge < -0.3 is 0 Å². The molecule has 0 spiro atoms. The fourth-order valence-electron chi connectivity index (χ4n) is 2.25. The van der Waals surface area contributed by atoms with E-state index in [1.54, 1.807) is 24.3 Å². The number of anilines is 1. The van der Waals surface area contributed by atoms with E-state index in [0.29, 0.717) is 23.0 Å². The molecular weight excluding hydrogens is 362 g/mol. The third-order valence-corrected chi connectivity index (χ3v) is 5.98. The van der Waals surface area contributed by atoms with Crippen molar-refractivity contribution < 1.29 is 8.42 Å². The van der Waals surface area contributed by atoms with Gasteiger partial charge in [-0.3, -0.25) is 4.31 Å². The second-order valence-electron chi connectivity index (χ2n) is 5.37. The molecule has 5 heteroatoms. The summed E-state index contributed by atoms with van der Waals surface area (Å²) < 4.78 is 27.9. The molecule has 0 fully saturated rings. The molecule has 0 saturated carbocycles. The lowest BCUT2D eigenvalue weighted by atomic mass is 10.0. The number of benzene rings is 2. The van der Waals surface area contributed by atoms with Crippen molar-refractivity contribution in [1.82, 2.24) is 0 Å². The van der Waals surface area contributed by atoms with Gasteiger partial charge in [-0.15, -0.1) is 0 Å². The molecule has 0 amide bonds. The Kier molecular flexibility index (Phi) is 5.29. The molecule has 0 heterocycles. The number of hydrogen-bond donors (Lipinski definition) is 0. The van der Waals surface area contributed by atoms with Crippen LogP contribution in [0.25, 0.3) is 0 Å². The van der Waals surface area contributed by atoms with Gasteiger partial charge in [0.05, 0.1) is 10.6 Å². The van der Waals surface area contributed by atoms with Crippen LogP contribution in [0, 0.1) is 0 Å². The van der Waals surface area contributed by atoms with E-state index in [9.17, 15) is 8.42 Å². The maximum atomic E-state index is 12.8. The first-order chi connectivity index (χ1) is 10.4. The highest BCUT2D eigenvalue weighted by Gasteiger charge is 2.23. The molecule has 2 aromatic rings. The minimum absolute atomic E-state index is 0.297. The van der Waals surface area contributed by atoms with Gasteiger partial charge in [0, 0.05) is 11.0 Å². The van der Waals surface area contributed by atoms with Crippen LogP contribution in [0.4, 0.5) is 5.69 Å². The minimum Gasteiger partial charge on any atom is -0.267 e. The quantitative estimate of drug-likeness (QED) is 0.746. The lowest BCUT2D eigenvalue weighted by molar-refractivity contribution is 0.592. The third kappa shape index (κ3) is 3.52. The fraction of sp³-hybridized carbons (Fsp3) is 0.294. The largest absolute Gasteiger partial charge is 0.267 e. The summed E-state index contributed by atoms with van der Waals surface area (Å²) in [4.78, 5) is 0.297. The van der Waals surface area contributed by atoms with Gasteiger partial charge in [0.2, 0.25) is 0 Å².